The van der Waals surface area contributed by atoms with Crippen LogP contribution in [0.3, 0.4) is 0 Å². The van der Waals surface area contributed by atoms with E-state index in [1.165, 1.54) is 7.11 Å². The first-order valence-electron chi connectivity index (χ1n) is 5.28. The summed E-state index contributed by atoms with van der Waals surface area (Å²) < 4.78 is 14.9. The molecular weight excluding hydrogens is 222 g/mol. The van der Waals surface area contributed by atoms with E-state index in [0.717, 1.165) is 12.0 Å². The number of carbonyl (C=O) groups is 1. The highest BCUT2D eigenvalue weighted by molar-refractivity contribution is 5.71. The van der Waals surface area contributed by atoms with Crippen LogP contribution in [0.15, 0.2) is 18.2 Å². The van der Waals surface area contributed by atoms with Gasteiger partial charge in [0.25, 0.3) is 0 Å². The first-order valence-corrected chi connectivity index (χ1v) is 5.28. The van der Waals surface area contributed by atoms with Crippen LogP contribution in [0.2, 0.25) is 0 Å². The SMILES string of the molecule is COC(=O)COc1ccc(CCN)cc1OC. The Morgan fingerprint density at radius 3 is 2.65 bits per heavy atom. The molecule has 0 amide bonds. The summed E-state index contributed by atoms with van der Waals surface area (Å²) in [4.78, 5) is 10.9. The lowest BCUT2D eigenvalue weighted by Gasteiger charge is -2.11. The second-order valence-corrected chi connectivity index (χ2v) is 3.39. The molecular formula is C12H17NO4. The van der Waals surface area contributed by atoms with Gasteiger partial charge in [0.15, 0.2) is 18.1 Å². The molecule has 0 radical (unpaired) electrons. The number of rotatable bonds is 6. The molecule has 0 saturated heterocycles. The monoisotopic (exact) mass is 239 g/mol. The second-order valence-electron chi connectivity index (χ2n) is 3.39. The lowest BCUT2D eigenvalue weighted by molar-refractivity contribution is -0.142. The van der Waals surface area contributed by atoms with Crippen LogP contribution in [0.1, 0.15) is 5.56 Å². The summed E-state index contributed by atoms with van der Waals surface area (Å²) in [5.74, 6) is 0.664. The molecule has 0 aliphatic rings. The van der Waals surface area contributed by atoms with Gasteiger partial charge in [-0.3, -0.25) is 0 Å². The summed E-state index contributed by atoms with van der Waals surface area (Å²) in [6.07, 6.45) is 0.771. The van der Waals surface area contributed by atoms with Gasteiger partial charge < -0.3 is 19.9 Å². The van der Waals surface area contributed by atoms with E-state index in [0.29, 0.717) is 18.0 Å². The third-order valence-corrected chi connectivity index (χ3v) is 2.23. The normalized spacial score (nSPS) is 9.82. The summed E-state index contributed by atoms with van der Waals surface area (Å²) in [6.45, 7) is 0.439. The highest BCUT2D eigenvalue weighted by Crippen LogP contribution is 2.28. The summed E-state index contributed by atoms with van der Waals surface area (Å²) in [6, 6.07) is 5.49. The molecule has 2 N–H and O–H groups in total. The van der Waals surface area contributed by atoms with Crippen molar-refractivity contribution >= 4 is 5.97 Å². The molecule has 0 aliphatic carbocycles. The molecule has 1 aromatic rings. The minimum absolute atomic E-state index is 0.136. The standard InChI is InChI=1S/C12H17NO4/c1-15-11-7-9(5-6-13)3-4-10(11)17-8-12(14)16-2/h3-4,7H,5-6,8,13H2,1-2H3. The Kier molecular flexibility index (Phi) is 5.29. The van der Waals surface area contributed by atoms with Gasteiger partial charge in [0.2, 0.25) is 0 Å². The molecule has 0 aromatic heterocycles. The van der Waals surface area contributed by atoms with Crippen LogP contribution in [0.25, 0.3) is 0 Å². The zero-order valence-electron chi connectivity index (χ0n) is 10.1. The van der Waals surface area contributed by atoms with Crippen LogP contribution in [-0.2, 0) is 16.0 Å². The third-order valence-electron chi connectivity index (χ3n) is 2.23. The Hall–Kier alpha value is -1.75. The molecule has 0 fully saturated rings. The lowest BCUT2D eigenvalue weighted by Crippen LogP contribution is -2.13. The quantitative estimate of drug-likeness (QED) is 0.742. The van der Waals surface area contributed by atoms with Crippen LogP contribution >= 0.6 is 0 Å². The van der Waals surface area contributed by atoms with Crippen LogP contribution < -0.4 is 15.2 Å². The number of hydrogen-bond donors (Lipinski definition) is 1. The third kappa shape index (κ3) is 3.96. The van der Waals surface area contributed by atoms with E-state index in [1.54, 1.807) is 13.2 Å². The Labute approximate surface area is 100 Å². The van der Waals surface area contributed by atoms with Gasteiger partial charge in [-0.15, -0.1) is 0 Å². The average Bonchev–Trinajstić information content (AvgIpc) is 2.36. The van der Waals surface area contributed by atoms with E-state index in [9.17, 15) is 4.79 Å². The molecule has 5 nitrogen and oxygen atoms in total. The molecule has 0 unspecified atom stereocenters. The van der Waals surface area contributed by atoms with Crippen molar-refractivity contribution in [3.05, 3.63) is 23.8 Å². The van der Waals surface area contributed by atoms with E-state index in [2.05, 4.69) is 4.74 Å². The zero-order valence-corrected chi connectivity index (χ0v) is 10.1. The topological polar surface area (TPSA) is 70.8 Å². The van der Waals surface area contributed by atoms with E-state index < -0.39 is 5.97 Å². The summed E-state index contributed by atoms with van der Waals surface area (Å²) in [5.41, 5.74) is 6.54. The van der Waals surface area contributed by atoms with Crippen molar-refractivity contribution in [1.82, 2.24) is 0 Å². The number of hydrogen-bond acceptors (Lipinski definition) is 5. The number of carbonyl (C=O) groups excluding carboxylic acids is 1. The predicted octanol–water partition coefficient (Wildman–Crippen LogP) is 0.748. The van der Waals surface area contributed by atoms with Crippen molar-refractivity contribution in [3.8, 4) is 11.5 Å². The second kappa shape index (κ2) is 6.75. The first kappa shape index (κ1) is 13.3. The number of methoxy groups -OCH3 is 2. The molecule has 0 atom stereocenters. The zero-order chi connectivity index (χ0) is 12.7. The smallest absolute Gasteiger partial charge is 0.343 e. The molecule has 0 heterocycles. The predicted molar refractivity (Wildman–Crippen MR) is 63.3 cm³/mol. The fourth-order valence-corrected chi connectivity index (χ4v) is 1.35. The lowest BCUT2D eigenvalue weighted by atomic mass is 10.1. The van der Waals surface area contributed by atoms with E-state index in [-0.39, 0.29) is 6.61 Å². The van der Waals surface area contributed by atoms with E-state index in [1.807, 2.05) is 12.1 Å². The Bertz CT molecular complexity index is 379. The summed E-state index contributed by atoms with van der Waals surface area (Å²) in [7, 11) is 2.86. The first-order chi connectivity index (χ1) is 8.21. The van der Waals surface area contributed by atoms with Gasteiger partial charge in [0.1, 0.15) is 0 Å². The van der Waals surface area contributed by atoms with Gasteiger partial charge in [-0.25, -0.2) is 4.79 Å². The molecule has 0 bridgehead atoms. The maximum atomic E-state index is 10.9. The maximum absolute atomic E-state index is 10.9. The van der Waals surface area contributed by atoms with Gasteiger partial charge in [0.05, 0.1) is 14.2 Å². The minimum atomic E-state index is -0.432. The van der Waals surface area contributed by atoms with E-state index >= 15 is 0 Å². The number of benzene rings is 1. The fraction of sp³-hybridized carbons (Fsp3) is 0.417. The van der Waals surface area contributed by atoms with Gasteiger partial charge in [0, 0.05) is 0 Å². The molecule has 17 heavy (non-hydrogen) atoms. The van der Waals surface area contributed by atoms with Crippen LogP contribution in [0, 0.1) is 0 Å². The van der Waals surface area contributed by atoms with Crippen molar-refractivity contribution in [3.63, 3.8) is 0 Å². The highest BCUT2D eigenvalue weighted by atomic mass is 16.6. The van der Waals surface area contributed by atoms with Crippen molar-refractivity contribution in [2.45, 2.75) is 6.42 Å². The van der Waals surface area contributed by atoms with Crippen LogP contribution in [-0.4, -0.2) is 33.3 Å². The molecule has 94 valence electrons. The summed E-state index contributed by atoms with van der Waals surface area (Å²) in [5, 5.41) is 0. The van der Waals surface area contributed by atoms with Crippen molar-refractivity contribution in [1.29, 1.82) is 0 Å². The molecule has 1 aromatic carbocycles. The Balaban J connectivity index is 2.74. The van der Waals surface area contributed by atoms with Crippen LogP contribution in [0.4, 0.5) is 0 Å². The largest absolute Gasteiger partial charge is 0.493 e. The average molecular weight is 239 g/mol. The van der Waals surface area contributed by atoms with Gasteiger partial charge >= 0.3 is 5.97 Å². The Morgan fingerprint density at radius 2 is 2.06 bits per heavy atom. The number of ether oxygens (including phenoxy) is 3. The Morgan fingerprint density at radius 1 is 1.29 bits per heavy atom. The summed E-state index contributed by atoms with van der Waals surface area (Å²) >= 11 is 0. The number of nitrogens with two attached hydrogens (primary N) is 1. The van der Waals surface area contributed by atoms with E-state index in [4.69, 9.17) is 15.2 Å². The van der Waals surface area contributed by atoms with Gasteiger partial charge in [-0.2, -0.15) is 0 Å². The molecule has 5 heteroatoms. The molecule has 0 saturated carbocycles. The molecule has 1 rings (SSSR count). The maximum Gasteiger partial charge on any atom is 0.343 e. The van der Waals surface area contributed by atoms with Crippen molar-refractivity contribution < 1.29 is 19.0 Å². The molecule has 0 spiro atoms. The van der Waals surface area contributed by atoms with Crippen molar-refractivity contribution in [2.24, 2.45) is 5.73 Å². The van der Waals surface area contributed by atoms with Gasteiger partial charge in [-0.1, -0.05) is 6.07 Å². The molecule has 0 aliphatic heterocycles. The fourth-order valence-electron chi connectivity index (χ4n) is 1.35. The van der Waals surface area contributed by atoms with Crippen molar-refractivity contribution in [2.75, 3.05) is 27.4 Å². The minimum Gasteiger partial charge on any atom is -0.493 e. The number of esters is 1. The van der Waals surface area contributed by atoms with Crippen LogP contribution in [0.5, 0.6) is 11.5 Å². The highest BCUT2D eigenvalue weighted by Gasteiger charge is 2.08. The van der Waals surface area contributed by atoms with Gasteiger partial charge in [-0.05, 0) is 30.7 Å².